The van der Waals surface area contributed by atoms with Crippen molar-refractivity contribution in [2.24, 2.45) is 0 Å². The van der Waals surface area contributed by atoms with Gasteiger partial charge < -0.3 is 5.11 Å². The van der Waals surface area contributed by atoms with E-state index < -0.39 is 13.7 Å². The minimum absolute atomic E-state index is 0.794. The third kappa shape index (κ3) is 4.65. The third-order valence-corrected chi connectivity index (χ3v) is 11.9. The van der Waals surface area contributed by atoms with Crippen molar-refractivity contribution in [3.05, 3.63) is 181 Å². The van der Waals surface area contributed by atoms with Crippen LogP contribution < -0.4 is 15.6 Å². The molecule has 0 aliphatic carbocycles. The topological polar surface area (TPSA) is 20.2 Å². The summed E-state index contributed by atoms with van der Waals surface area (Å²) in [6.07, 6.45) is 3.91. The molecule has 37 heavy (non-hydrogen) atoms. The molecule has 0 saturated carbocycles. The van der Waals surface area contributed by atoms with Gasteiger partial charge in [-0.15, -0.1) is 0 Å². The summed E-state index contributed by atoms with van der Waals surface area (Å²) in [6, 6.07) is 51.7. The lowest BCUT2D eigenvalue weighted by Crippen LogP contribution is -2.71. The summed E-state index contributed by atoms with van der Waals surface area (Å²) in [5, 5.41) is 17.1. The van der Waals surface area contributed by atoms with Crippen LogP contribution in [0.4, 0.5) is 0 Å². The first-order chi connectivity index (χ1) is 18.2. The maximum Gasteiger partial charge on any atom is 0.178 e. The summed E-state index contributed by atoms with van der Waals surface area (Å²) in [7, 11) is -2.98. The third-order valence-electron chi connectivity index (χ3n) is 7.06. The highest BCUT2D eigenvalue weighted by molar-refractivity contribution is 7.16. The molecule has 5 rings (SSSR count). The summed E-state index contributed by atoms with van der Waals surface area (Å²) < 4.78 is 0. The van der Waals surface area contributed by atoms with Crippen molar-refractivity contribution in [2.75, 3.05) is 0 Å². The summed E-state index contributed by atoms with van der Waals surface area (Å²) in [6.45, 7) is 4.78. The fraction of sp³-hybridized carbons (Fsp3) is 0.0286. The Bertz CT molecular complexity index is 1370. The molecular formula is C35H30OSi. The van der Waals surface area contributed by atoms with E-state index in [1.807, 2.05) is 91.0 Å². The second kappa shape index (κ2) is 10.8. The molecule has 5 aromatic rings. The predicted octanol–water partition coefficient (Wildman–Crippen LogP) is 5.85. The highest BCUT2D eigenvalue weighted by atomic mass is 28.3. The van der Waals surface area contributed by atoms with Crippen LogP contribution in [-0.4, -0.2) is 13.2 Å². The number of hydrogen-bond acceptors (Lipinski definition) is 1. The largest absolute Gasteiger partial charge is 0.377 e. The van der Waals surface area contributed by atoms with E-state index in [-0.39, 0.29) is 0 Å². The van der Waals surface area contributed by atoms with E-state index in [1.54, 1.807) is 0 Å². The highest BCUT2D eigenvalue weighted by Crippen LogP contribution is 2.36. The first-order valence-corrected chi connectivity index (χ1v) is 14.5. The van der Waals surface area contributed by atoms with Gasteiger partial charge in [0.2, 0.25) is 0 Å². The van der Waals surface area contributed by atoms with Crippen molar-refractivity contribution in [3.63, 3.8) is 0 Å². The zero-order valence-electron chi connectivity index (χ0n) is 20.7. The minimum atomic E-state index is -2.98. The van der Waals surface area contributed by atoms with Gasteiger partial charge in [0.25, 0.3) is 0 Å². The quantitative estimate of drug-likeness (QED) is 0.212. The Labute approximate surface area is 220 Å². The molecule has 0 fully saturated rings. The lowest BCUT2D eigenvalue weighted by Gasteiger charge is -2.42. The molecule has 2 heteroatoms. The molecule has 0 spiro atoms. The molecule has 0 radical (unpaired) electrons. The van der Waals surface area contributed by atoms with Crippen molar-refractivity contribution >= 4 is 29.7 Å². The highest BCUT2D eigenvalue weighted by Gasteiger charge is 2.49. The van der Waals surface area contributed by atoms with Gasteiger partial charge in [-0.2, -0.15) is 0 Å². The molecule has 0 heterocycles. The zero-order chi connectivity index (χ0) is 25.6. The van der Waals surface area contributed by atoms with Gasteiger partial charge in [0, 0.05) is 0 Å². The lowest BCUT2D eigenvalue weighted by atomic mass is 9.92. The van der Waals surface area contributed by atoms with Crippen LogP contribution in [0, 0.1) is 0 Å². The molecule has 0 bridgehead atoms. The first-order valence-electron chi connectivity index (χ1n) is 12.5. The number of benzene rings is 5. The van der Waals surface area contributed by atoms with Gasteiger partial charge in [0.15, 0.2) is 8.07 Å². The Hall–Kier alpha value is -4.24. The van der Waals surface area contributed by atoms with Crippen LogP contribution >= 0.6 is 0 Å². The number of aliphatic hydroxyl groups is 1. The Morgan fingerprint density at radius 2 is 0.892 bits per heavy atom. The molecule has 0 aromatic heterocycles. The van der Waals surface area contributed by atoms with E-state index in [9.17, 15) is 5.11 Å². The summed E-state index contributed by atoms with van der Waals surface area (Å²) in [4.78, 5) is 0. The lowest BCUT2D eigenvalue weighted by molar-refractivity contribution is 0.138. The van der Waals surface area contributed by atoms with Crippen molar-refractivity contribution in [3.8, 4) is 0 Å². The fourth-order valence-corrected chi connectivity index (χ4v) is 10.1. The van der Waals surface area contributed by atoms with Gasteiger partial charge in [0.05, 0.1) is 0 Å². The maximum absolute atomic E-state index is 12.8. The molecular weight excluding hydrogens is 464 g/mol. The van der Waals surface area contributed by atoms with Crippen LogP contribution in [0.15, 0.2) is 170 Å². The van der Waals surface area contributed by atoms with Gasteiger partial charge in [-0.1, -0.05) is 164 Å². The summed E-state index contributed by atoms with van der Waals surface area (Å²) in [5.74, 6) is 0. The van der Waals surface area contributed by atoms with Gasteiger partial charge in [-0.25, -0.2) is 0 Å². The van der Waals surface area contributed by atoms with E-state index in [1.165, 1.54) is 15.6 Å². The Kier molecular flexibility index (Phi) is 7.13. The fourth-order valence-electron chi connectivity index (χ4n) is 5.22. The molecule has 5 aromatic carbocycles. The van der Waals surface area contributed by atoms with Gasteiger partial charge in [-0.05, 0) is 38.0 Å². The molecule has 0 saturated heterocycles. The minimum Gasteiger partial charge on any atom is -0.377 e. The Morgan fingerprint density at radius 3 is 1.30 bits per heavy atom. The van der Waals surface area contributed by atoms with E-state index in [0.717, 1.165) is 16.3 Å². The molecule has 0 aliphatic rings. The monoisotopic (exact) mass is 494 g/mol. The predicted molar refractivity (Wildman–Crippen MR) is 159 cm³/mol. The van der Waals surface area contributed by atoms with E-state index in [0.29, 0.717) is 0 Å². The van der Waals surface area contributed by atoms with Crippen LogP contribution in [0.1, 0.15) is 11.1 Å². The van der Waals surface area contributed by atoms with Crippen molar-refractivity contribution in [2.45, 2.75) is 5.60 Å². The van der Waals surface area contributed by atoms with Crippen molar-refractivity contribution in [1.82, 2.24) is 0 Å². The van der Waals surface area contributed by atoms with E-state index >= 15 is 0 Å². The van der Waals surface area contributed by atoms with Crippen LogP contribution in [0.25, 0.3) is 6.08 Å². The van der Waals surface area contributed by atoms with E-state index in [2.05, 4.69) is 72.8 Å². The molecule has 0 aliphatic heterocycles. The zero-order valence-corrected chi connectivity index (χ0v) is 21.7. The number of rotatable bonds is 8. The van der Waals surface area contributed by atoms with Crippen molar-refractivity contribution < 1.29 is 5.11 Å². The van der Waals surface area contributed by atoms with Gasteiger partial charge in [-0.3, -0.25) is 0 Å². The second-order valence-electron chi connectivity index (χ2n) is 9.20. The second-order valence-corrected chi connectivity index (χ2v) is 13.0. The normalized spacial score (nSPS) is 13.2. The summed E-state index contributed by atoms with van der Waals surface area (Å²) in [5.41, 5.74) is 0.410. The number of hydrogen-bond donors (Lipinski definition) is 1. The Balaban J connectivity index is 1.83. The van der Waals surface area contributed by atoms with Crippen LogP contribution in [0.5, 0.6) is 0 Å². The van der Waals surface area contributed by atoms with Gasteiger partial charge in [0.1, 0.15) is 5.60 Å². The van der Waals surface area contributed by atoms with Crippen molar-refractivity contribution in [1.29, 1.82) is 0 Å². The maximum atomic E-state index is 12.8. The van der Waals surface area contributed by atoms with Crippen LogP contribution in [-0.2, 0) is 5.60 Å². The van der Waals surface area contributed by atoms with Crippen LogP contribution in [0.2, 0.25) is 0 Å². The smallest absolute Gasteiger partial charge is 0.178 e. The van der Waals surface area contributed by atoms with Crippen LogP contribution in [0.3, 0.4) is 0 Å². The molecule has 180 valence electrons. The average molecular weight is 495 g/mol. The summed E-state index contributed by atoms with van der Waals surface area (Å²) >= 11 is 0. The SMILES string of the molecule is C=C(C(O)(/C=C/c1ccccc1)c1ccccc1)[Si](c1ccccc1)(c1ccccc1)c1ccccc1. The standard InChI is InChI=1S/C35H30OSi/c1-29(35(36,31-19-9-3-10-20-31)28-27-30-17-7-2-8-18-30)37(32-21-11-4-12-22-32,33-23-13-5-14-24-33)34-25-15-6-16-26-34/h2-28,36H,1H2/b28-27+. The molecule has 1 N–H and O–H groups in total. The van der Waals surface area contributed by atoms with Gasteiger partial charge >= 0.3 is 0 Å². The van der Waals surface area contributed by atoms with E-state index in [4.69, 9.17) is 6.58 Å². The molecule has 0 amide bonds. The Morgan fingerprint density at radius 1 is 0.541 bits per heavy atom. The molecule has 1 atom stereocenters. The molecule has 1 unspecified atom stereocenters. The molecule has 1 nitrogen and oxygen atoms in total. The average Bonchev–Trinajstić information content (AvgIpc) is 2.99. The first kappa shape index (κ1) is 24.5.